The van der Waals surface area contributed by atoms with E-state index >= 15 is 13.2 Å². The van der Waals surface area contributed by atoms with Crippen molar-refractivity contribution < 1.29 is 37.0 Å². The molecule has 0 bridgehead atoms. The van der Waals surface area contributed by atoms with Crippen molar-refractivity contribution in [2.45, 2.75) is 134 Å². The number of hydrogen-bond acceptors (Lipinski definition) is 20. The number of aryl methyl sites for hydroxylation is 2. The van der Waals surface area contributed by atoms with Crippen LogP contribution in [0, 0.1) is 31.3 Å². The van der Waals surface area contributed by atoms with E-state index < -0.39 is 35.5 Å². The molecule has 29 nitrogen and oxygen atoms in total. The summed E-state index contributed by atoms with van der Waals surface area (Å²) in [4.78, 5) is 79.3. The number of fused-ring (bicyclic) bond motifs is 3. The molecule has 6 aliphatic rings. The van der Waals surface area contributed by atoms with E-state index in [9.17, 15) is 14.4 Å². The van der Waals surface area contributed by atoms with Crippen molar-refractivity contribution in [3.05, 3.63) is 193 Å². The minimum atomic E-state index is -0.603. The van der Waals surface area contributed by atoms with Crippen LogP contribution in [0.2, 0.25) is 0 Å². The zero-order valence-corrected chi connectivity index (χ0v) is 73.3. The van der Waals surface area contributed by atoms with Gasteiger partial charge < -0.3 is 87.0 Å². The number of urea groups is 3. The van der Waals surface area contributed by atoms with Crippen LogP contribution in [-0.4, -0.2) is 223 Å². The number of nitrogens with zero attached hydrogens (tertiary/aromatic N) is 15. The van der Waals surface area contributed by atoms with E-state index in [1.165, 1.54) is 51.4 Å². The Morgan fingerprint density at radius 1 is 0.378 bits per heavy atom. The average molecular weight is 1730 g/mol. The van der Waals surface area contributed by atoms with Gasteiger partial charge in [-0.05, 0) is 188 Å². The molecule has 12 aromatic rings. The Bertz CT molecular complexity index is 5860. The van der Waals surface area contributed by atoms with E-state index in [0.717, 1.165) is 217 Å². The van der Waals surface area contributed by atoms with Gasteiger partial charge in [-0.3, -0.25) is 14.7 Å². The molecule has 6 fully saturated rings. The Morgan fingerprint density at radius 2 is 0.717 bits per heavy atom. The molecule has 32 heteroatoms. The second-order valence-electron chi connectivity index (χ2n) is 34.6. The van der Waals surface area contributed by atoms with Crippen molar-refractivity contribution in [2.24, 2.45) is 0 Å². The van der Waals surface area contributed by atoms with Gasteiger partial charge >= 0.3 is 18.1 Å². The number of piperazine rings is 3. The van der Waals surface area contributed by atoms with Crippen LogP contribution in [0.3, 0.4) is 0 Å². The number of nitrogens with two attached hydrogens (primary N) is 3. The molecule has 9 heterocycles. The molecule has 6 amide bonds. The van der Waals surface area contributed by atoms with Gasteiger partial charge in [0.25, 0.3) is 0 Å². The first-order valence-electron chi connectivity index (χ1n) is 44.1. The van der Waals surface area contributed by atoms with Gasteiger partial charge in [-0.15, -0.1) is 0 Å². The topological polar surface area (TPSA) is 331 Å². The number of anilines is 8. The van der Waals surface area contributed by atoms with Crippen molar-refractivity contribution in [1.82, 2.24) is 78.3 Å². The molecule has 6 aromatic heterocycles. The second-order valence-corrected chi connectivity index (χ2v) is 34.6. The minimum absolute atomic E-state index is 0.0382. The first kappa shape index (κ1) is 88.0. The highest BCUT2D eigenvalue weighted by Crippen LogP contribution is 2.45. The van der Waals surface area contributed by atoms with Crippen LogP contribution in [-0.2, 0) is 6.54 Å². The maximum absolute atomic E-state index is 15.4. The lowest BCUT2D eigenvalue weighted by Crippen LogP contribution is -2.49. The Labute approximate surface area is 738 Å². The summed E-state index contributed by atoms with van der Waals surface area (Å²) in [6.07, 6.45) is 23.7. The van der Waals surface area contributed by atoms with E-state index in [1.54, 1.807) is 60.7 Å². The quantitative estimate of drug-likeness (QED) is 0.0385. The maximum atomic E-state index is 15.4. The smallest absolute Gasteiger partial charge is 0.323 e. The van der Waals surface area contributed by atoms with Gasteiger partial charge in [-0.25, -0.2) is 57.5 Å². The summed E-state index contributed by atoms with van der Waals surface area (Å²) in [5, 5.41) is 18.2. The molecule has 0 atom stereocenters. The zero-order valence-electron chi connectivity index (χ0n) is 73.3. The fourth-order valence-electron chi connectivity index (χ4n) is 19.1. The number of ether oxygens (including phenoxy) is 2. The molecule has 666 valence electrons. The Kier molecular flexibility index (Phi) is 27.4. The van der Waals surface area contributed by atoms with Gasteiger partial charge in [0.05, 0.1) is 47.4 Å². The maximum Gasteiger partial charge on any atom is 0.323 e. The number of likely N-dealkylation sites (N-methyl/N-ethyl adjacent to an activating group) is 3. The van der Waals surface area contributed by atoms with Crippen molar-refractivity contribution >= 4 is 97.1 Å². The van der Waals surface area contributed by atoms with Crippen LogP contribution in [0.25, 0.3) is 66.5 Å². The van der Waals surface area contributed by atoms with Gasteiger partial charge in [0, 0.05) is 186 Å². The van der Waals surface area contributed by atoms with Gasteiger partial charge in [-0.1, -0.05) is 60.2 Å². The van der Waals surface area contributed by atoms with Crippen LogP contribution >= 0.6 is 0 Å². The molecule has 12 N–H and O–H groups in total. The normalized spacial score (nSPS) is 20.0. The van der Waals surface area contributed by atoms with Crippen molar-refractivity contribution in [3.8, 4) is 44.9 Å². The van der Waals surface area contributed by atoms with E-state index in [-0.39, 0.29) is 23.1 Å². The standard InChI is InChI=1S/C32H39FN8O3.C32H39FN8O.C31H37FN8O/c1-39-10-12-40(13-11-39)22-5-7-23(8-6-22)41-18-26(29-30(34)35-19-36-31(29)41)20-4-9-28(27(33)14-20)38-32(42)37-21-15-24(43-2)17-25(16-21)44-3;1-21-3-5-22(6-4-21)18-35-32(42)38-28-12-7-23(17-27(28)33)26-19-41(31-29(26)30(34)36-20-37-31)25-10-8-24(9-11-25)40-15-13-39(2)14-16-40;1-20-4-3-5-22(16-20)36-31(41)37-27-11-6-21(17-26(27)32)25-18-40(30-28(25)29(33)34-19-35-30)24-9-7-23(8-10-24)39-14-12-38(2)13-15-39/h4,9,14-19,22-23H,5-8,10-13H2,1-3H3,(H2,34,35,36)(H2,37,38,42);3-7,12,17,19-20,24-25H,8-11,13-16,18H2,1-2H3,(H2,34,36,37)(H2,35,38,42);3-6,11,16-19,23-24H,7-10,12-15H2,1-2H3,(H2,33,34,35)(H2,36,37,41). The lowest BCUT2D eigenvalue weighted by Gasteiger charge is -2.41. The van der Waals surface area contributed by atoms with E-state index in [4.69, 9.17) is 26.7 Å². The number of hydrogen-bond donors (Lipinski definition) is 9. The molecule has 3 aliphatic carbocycles. The molecular weight excluding hydrogens is 1610 g/mol. The Hall–Kier alpha value is -12.5. The van der Waals surface area contributed by atoms with Crippen LogP contribution in [0.4, 0.5) is 73.4 Å². The first-order chi connectivity index (χ1) is 61.5. The number of carbonyl (C=O) groups excluding carboxylic acids is 3. The Balaban J connectivity index is 0.000000140. The molecule has 18 rings (SSSR count). The number of halogens is 3. The largest absolute Gasteiger partial charge is 0.497 e. The summed E-state index contributed by atoms with van der Waals surface area (Å²) in [5.74, 6) is 0.484. The van der Waals surface area contributed by atoms with Gasteiger partial charge in [0.1, 0.15) is 82.3 Å². The third kappa shape index (κ3) is 20.7. The summed E-state index contributed by atoms with van der Waals surface area (Å²) in [6.45, 7) is 17.8. The number of benzene rings is 6. The zero-order chi connectivity index (χ0) is 88.5. The van der Waals surface area contributed by atoms with Gasteiger partial charge in [0.15, 0.2) is 0 Å². The van der Waals surface area contributed by atoms with Crippen molar-refractivity contribution in [1.29, 1.82) is 0 Å². The SMILES string of the molecule is COc1cc(NC(=O)Nc2ccc(-c3cn(C4CCC(N5CCN(C)CC5)CC4)c4ncnc(N)c34)cc2F)cc(OC)c1.Cc1ccc(CNC(=O)Nc2ccc(-c3cn(C4CCC(N5CCN(C)CC5)CC4)c4ncnc(N)c34)cc2F)cc1.Cc1cccc(NC(=O)Nc2ccc(-c3cn(C4CCC(N5CCN(C)CC5)CC4)c4ncnc(N)c34)cc2F)c1. The third-order valence-electron chi connectivity index (χ3n) is 26.3. The number of amides is 6. The number of rotatable bonds is 18. The fourth-order valence-corrected chi connectivity index (χ4v) is 19.1. The Morgan fingerprint density at radius 3 is 1.06 bits per heavy atom. The average Bonchev–Trinajstić information content (AvgIpc) is 1.62. The minimum Gasteiger partial charge on any atom is -0.497 e. The molecular formula is C95H115F3N24O5. The molecule has 6 aromatic carbocycles. The number of nitrogen functional groups attached to an aromatic ring is 3. The number of nitrogens with one attached hydrogen (secondary N) is 6. The molecule has 127 heavy (non-hydrogen) atoms. The molecule has 3 saturated heterocycles. The predicted molar refractivity (Wildman–Crippen MR) is 496 cm³/mol. The number of methoxy groups -OCH3 is 2. The lowest BCUT2D eigenvalue weighted by atomic mass is 9.89. The van der Waals surface area contributed by atoms with Gasteiger partial charge in [-0.2, -0.15) is 0 Å². The van der Waals surface area contributed by atoms with E-state index in [1.807, 2.05) is 74.9 Å². The van der Waals surface area contributed by atoms with Crippen LogP contribution < -0.4 is 58.6 Å². The number of aromatic nitrogens is 9. The highest BCUT2D eigenvalue weighted by atomic mass is 19.1. The first-order valence-corrected chi connectivity index (χ1v) is 44.1. The predicted octanol–water partition coefficient (Wildman–Crippen LogP) is 15.9. The fraction of sp³-hybridized carbons (Fsp3) is 0.400. The molecule has 3 aliphatic heterocycles. The molecule has 3 saturated carbocycles. The summed E-state index contributed by atoms with van der Waals surface area (Å²) in [7, 11) is 9.61. The lowest BCUT2D eigenvalue weighted by molar-refractivity contribution is 0.0827. The summed E-state index contributed by atoms with van der Waals surface area (Å²) < 4.78 is 63.1. The summed E-state index contributed by atoms with van der Waals surface area (Å²) in [6, 6.07) is 35.7. The summed E-state index contributed by atoms with van der Waals surface area (Å²) >= 11 is 0. The van der Waals surface area contributed by atoms with Crippen LogP contribution in [0.5, 0.6) is 11.5 Å². The van der Waals surface area contributed by atoms with Crippen LogP contribution in [0.1, 0.15) is 112 Å². The highest BCUT2D eigenvalue weighted by molar-refractivity contribution is 6.05. The highest BCUT2D eigenvalue weighted by Gasteiger charge is 2.35. The van der Waals surface area contributed by atoms with E-state index in [0.29, 0.717) is 99.2 Å². The van der Waals surface area contributed by atoms with Crippen molar-refractivity contribution in [3.63, 3.8) is 0 Å². The van der Waals surface area contributed by atoms with Gasteiger partial charge in [0.2, 0.25) is 0 Å². The monoisotopic (exact) mass is 1730 g/mol. The second kappa shape index (κ2) is 39.6. The third-order valence-corrected chi connectivity index (χ3v) is 26.3. The molecule has 0 unspecified atom stereocenters. The van der Waals surface area contributed by atoms with Crippen molar-refractivity contribution in [2.75, 3.05) is 158 Å². The van der Waals surface area contributed by atoms with E-state index in [2.05, 4.69) is 126 Å². The summed E-state index contributed by atoms with van der Waals surface area (Å²) in [5.41, 5.74) is 30.1. The molecule has 0 radical (unpaired) electrons. The number of carbonyl (C=O) groups is 3. The van der Waals surface area contributed by atoms with Crippen LogP contribution in [0.15, 0.2) is 159 Å². The molecule has 0 spiro atoms.